The molecule has 114 valence electrons. The van der Waals surface area contributed by atoms with Crippen LogP contribution < -0.4 is 5.32 Å². The lowest BCUT2D eigenvalue weighted by Crippen LogP contribution is -2.42. The van der Waals surface area contributed by atoms with Crippen molar-refractivity contribution in [3.8, 4) is 0 Å². The number of hydrogen-bond acceptors (Lipinski definition) is 5. The van der Waals surface area contributed by atoms with Gasteiger partial charge in [-0.2, -0.15) is 0 Å². The van der Waals surface area contributed by atoms with E-state index in [0.29, 0.717) is 12.1 Å². The highest BCUT2D eigenvalue weighted by atomic mass is 32.1. The van der Waals surface area contributed by atoms with Crippen molar-refractivity contribution in [3.05, 3.63) is 16.1 Å². The molecule has 0 bridgehead atoms. The highest BCUT2D eigenvalue weighted by molar-refractivity contribution is 7.09. The molecule has 1 aliphatic rings. The van der Waals surface area contributed by atoms with Gasteiger partial charge >= 0.3 is 0 Å². The van der Waals surface area contributed by atoms with E-state index in [-0.39, 0.29) is 6.10 Å². The van der Waals surface area contributed by atoms with E-state index in [1.54, 1.807) is 11.3 Å². The van der Waals surface area contributed by atoms with E-state index in [1.165, 1.54) is 0 Å². The predicted molar refractivity (Wildman–Crippen MR) is 84.2 cm³/mol. The van der Waals surface area contributed by atoms with Crippen LogP contribution in [0.1, 0.15) is 57.0 Å². The fraction of sp³-hybridized carbons (Fsp3) is 0.800. The number of nitrogens with one attached hydrogen (secondary N) is 1. The summed E-state index contributed by atoms with van der Waals surface area (Å²) in [6.45, 7) is 12.7. The van der Waals surface area contributed by atoms with E-state index in [1.807, 2.05) is 0 Å². The van der Waals surface area contributed by atoms with Crippen molar-refractivity contribution in [2.45, 2.75) is 52.3 Å². The van der Waals surface area contributed by atoms with Gasteiger partial charge in [0.2, 0.25) is 0 Å². The third kappa shape index (κ3) is 4.01. The second kappa shape index (κ2) is 7.50. The molecule has 2 unspecified atom stereocenters. The number of thiazole rings is 1. The zero-order valence-electron chi connectivity index (χ0n) is 13.1. The minimum Gasteiger partial charge on any atom is -0.368 e. The van der Waals surface area contributed by atoms with Gasteiger partial charge in [0.15, 0.2) is 0 Å². The Morgan fingerprint density at radius 2 is 2.30 bits per heavy atom. The van der Waals surface area contributed by atoms with Crippen LogP contribution in [0.3, 0.4) is 0 Å². The average molecular weight is 297 g/mol. The molecule has 2 atom stereocenters. The molecular formula is C15H27N3OS. The molecule has 2 rings (SSSR count). The molecule has 1 aromatic rings. The van der Waals surface area contributed by atoms with Crippen molar-refractivity contribution in [1.29, 1.82) is 0 Å². The molecule has 0 saturated carbocycles. The summed E-state index contributed by atoms with van der Waals surface area (Å²) >= 11 is 1.73. The summed E-state index contributed by atoms with van der Waals surface area (Å²) in [4.78, 5) is 7.25. The number of nitrogens with zero attached hydrogens (tertiary/aromatic N) is 2. The van der Waals surface area contributed by atoms with Crippen molar-refractivity contribution in [3.63, 3.8) is 0 Å². The number of aromatic nitrogens is 1. The highest BCUT2D eigenvalue weighted by Gasteiger charge is 2.26. The van der Waals surface area contributed by atoms with Gasteiger partial charge in [0.05, 0.1) is 12.3 Å². The maximum atomic E-state index is 5.90. The van der Waals surface area contributed by atoms with E-state index < -0.39 is 0 Å². The second-order valence-corrected chi connectivity index (χ2v) is 6.62. The molecule has 1 N–H and O–H groups in total. The third-order valence-corrected chi connectivity index (χ3v) is 4.74. The lowest BCUT2D eigenvalue weighted by Gasteiger charge is -2.34. The summed E-state index contributed by atoms with van der Waals surface area (Å²) < 4.78 is 5.90. The lowest BCUT2D eigenvalue weighted by molar-refractivity contribution is -0.0403. The molecule has 5 heteroatoms. The Bertz CT molecular complexity index is 408. The number of rotatable bonds is 6. The molecule has 0 spiro atoms. The first kappa shape index (κ1) is 15.9. The van der Waals surface area contributed by atoms with Crippen molar-refractivity contribution >= 4 is 11.3 Å². The molecule has 1 aliphatic heterocycles. The van der Waals surface area contributed by atoms with Gasteiger partial charge in [0.25, 0.3) is 0 Å². The Morgan fingerprint density at radius 3 is 3.00 bits per heavy atom. The minimum absolute atomic E-state index is 0.142. The first-order valence-electron chi connectivity index (χ1n) is 7.66. The first-order chi connectivity index (χ1) is 9.61. The summed E-state index contributed by atoms with van der Waals surface area (Å²) in [6.07, 6.45) is 1.29. The quantitative estimate of drug-likeness (QED) is 0.876. The van der Waals surface area contributed by atoms with Gasteiger partial charge < -0.3 is 10.1 Å². The van der Waals surface area contributed by atoms with Crippen LogP contribution >= 0.6 is 11.3 Å². The Hall–Kier alpha value is -0.490. The van der Waals surface area contributed by atoms with E-state index in [2.05, 4.69) is 43.3 Å². The van der Waals surface area contributed by atoms with Crippen LogP contribution in [0.25, 0.3) is 0 Å². The fourth-order valence-corrected chi connectivity index (χ4v) is 3.35. The molecule has 0 aliphatic carbocycles. The molecule has 2 heterocycles. The maximum absolute atomic E-state index is 5.90. The van der Waals surface area contributed by atoms with Gasteiger partial charge in [0, 0.05) is 30.6 Å². The maximum Gasteiger partial charge on any atom is 0.123 e. The summed E-state index contributed by atoms with van der Waals surface area (Å²) in [7, 11) is 0. The molecule has 4 nitrogen and oxygen atoms in total. The van der Waals surface area contributed by atoms with Crippen LogP contribution in [0, 0.1) is 0 Å². The third-order valence-electron chi connectivity index (χ3n) is 3.79. The first-order valence-corrected chi connectivity index (χ1v) is 8.54. The summed E-state index contributed by atoms with van der Waals surface area (Å²) in [5.74, 6) is 0. The fourth-order valence-electron chi connectivity index (χ4n) is 2.40. The topological polar surface area (TPSA) is 37.4 Å². The lowest BCUT2D eigenvalue weighted by atomic mass is 10.2. The Kier molecular flexibility index (Phi) is 5.96. The summed E-state index contributed by atoms with van der Waals surface area (Å²) in [5, 5.41) is 6.77. The number of hydrogen-bond donors (Lipinski definition) is 1. The van der Waals surface area contributed by atoms with Gasteiger partial charge in [-0.05, 0) is 33.7 Å². The van der Waals surface area contributed by atoms with Crippen LogP contribution in [0.5, 0.6) is 0 Å². The molecular weight excluding hydrogens is 270 g/mol. The van der Waals surface area contributed by atoms with Crippen LogP contribution in [0.4, 0.5) is 0 Å². The molecule has 1 fully saturated rings. The van der Waals surface area contributed by atoms with Gasteiger partial charge in [0.1, 0.15) is 11.1 Å². The number of ether oxygens (including phenoxy) is 1. The van der Waals surface area contributed by atoms with Gasteiger partial charge in [-0.25, -0.2) is 4.98 Å². The molecule has 20 heavy (non-hydrogen) atoms. The van der Waals surface area contributed by atoms with Crippen molar-refractivity contribution in [1.82, 2.24) is 15.2 Å². The number of morpholine rings is 1. The van der Waals surface area contributed by atoms with Crippen LogP contribution in [-0.4, -0.2) is 42.2 Å². The van der Waals surface area contributed by atoms with Crippen LogP contribution in [-0.2, 0) is 4.74 Å². The minimum atomic E-state index is 0.142. The van der Waals surface area contributed by atoms with Crippen molar-refractivity contribution in [2.24, 2.45) is 0 Å². The largest absolute Gasteiger partial charge is 0.368 e. The van der Waals surface area contributed by atoms with Gasteiger partial charge in [-0.1, -0.05) is 6.92 Å². The standard InChI is InChI=1S/C15H27N3OS/c1-5-6-16-12(4)13-10-20-15(17-13)14-9-18(11(2)3)7-8-19-14/h10-12,14,16H,5-9H2,1-4H3. The van der Waals surface area contributed by atoms with Gasteiger partial charge in [-0.15, -0.1) is 11.3 Å². The SMILES string of the molecule is CCCNC(C)c1csc(C2CN(C(C)C)CCO2)n1. The summed E-state index contributed by atoms with van der Waals surface area (Å²) in [6, 6.07) is 0.899. The Morgan fingerprint density at radius 1 is 1.50 bits per heavy atom. The van der Waals surface area contributed by atoms with Crippen LogP contribution in [0.2, 0.25) is 0 Å². The smallest absolute Gasteiger partial charge is 0.123 e. The highest BCUT2D eigenvalue weighted by Crippen LogP contribution is 2.27. The van der Waals surface area contributed by atoms with Crippen molar-refractivity contribution < 1.29 is 4.74 Å². The molecule has 0 radical (unpaired) electrons. The van der Waals surface area contributed by atoms with Gasteiger partial charge in [-0.3, -0.25) is 4.90 Å². The second-order valence-electron chi connectivity index (χ2n) is 5.73. The Balaban J connectivity index is 1.97. The zero-order chi connectivity index (χ0) is 14.5. The molecule has 0 amide bonds. The van der Waals surface area contributed by atoms with E-state index >= 15 is 0 Å². The Labute approximate surface area is 126 Å². The van der Waals surface area contributed by atoms with E-state index in [4.69, 9.17) is 9.72 Å². The summed E-state index contributed by atoms with van der Waals surface area (Å²) in [5.41, 5.74) is 1.14. The van der Waals surface area contributed by atoms with E-state index in [0.717, 1.165) is 43.4 Å². The monoisotopic (exact) mass is 297 g/mol. The van der Waals surface area contributed by atoms with Crippen LogP contribution in [0.15, 0.2) is 5.38 Å². The predicted octanol–water partition coefficient (Wildman–Crippen LogP) is 2.99. The normalized spacial score (nSPS) is 22.4. The zero-order valence-corrected chi connectivity index (χ0v) is 13.9. The molecule has 1 saturated heterocycles. The molecule has 0 aromatic carbocycles. The van der Waals surface area contributed by atoms with E-state index in [9.17, 15) is 0 Å². The molecule has 1 aromatic heterocycles. The average Bonchev–Trinajstić information content (AvgIpc) is 2.94. The van der Waals surface area contributed by atoms with Crippen molar-refractivity contribution in [2.75, 3.05) is 26.2 Å².